The van der Waals surface area contributed by atoms with E-state index in [2.05, 4.69) is 30.2 Å². The maximum atomic E-state index is 11.4. The second-order valence-electron chi connectivity index (χ2n) is 5.30. The van der Waals surface area contributed by atoms with Crippen molar-refractivity contribution in [2.24, 2.45) is 5.41 Å². The van der Waals surface area contributed by atoms with Crippen molar-refractivity contribution in [3.8, 4) is 0 Å². The van der Waals surface area contributed by atoms with Crippen LogP contribution in [0, 0.1) is 5.41 Å². The van der Waals surface area contributed by atoms with Crippen LogP contribution in [0.25, 0.3) is 0 Å². The maximum absolute atomic E-state index is 11.4. The van der Waals surface area contributed by atoms with Crippen LogP contribution in [-0.2, 0) is 11.3 Å². The lowest BCUT2D eigenvalue weighted by Gasteiger charge is -2.34. The first-order valence-corrected chi connectivity index (χ1v) is 7.27. The summed E-state index contributed by atoms with van der Waals surface area (Å²) in [6, 6.07) is 4.48. The van der Waals surface area contributed by atoms with Gasteiger partial charge in [0, 0.05) is 24.0 Å². The van der Waals surface area contributed by atoms with Gasteiger partial charge in [0.05, 0.1) is 5.41 Å². The molecule has 18 heavy (non-hydrogen) atoms. The van der Waals surface area contributed by atoms with E-state index in [1.807, 2.05) is 19.9 Å². The fourth-order valence-corrected chi connectivity index (χ4v) is 2.53. The van der Waals surface area contributed by atoms with E-state index in [1.54, 1.807) is 11.3 Å². The molecule has 1 rings (SSSR count). The summed E-state index contributed by atoms with van der Waals surface area (Å²) in [4.78, 5) is 14.9. The van der Waals surface area contributed by atoms with Gasteiger partial charge in [0.2, 0.25) is 0 Å². The number of carboxylic acids is 1. The number of hydrogen-bond acceptors (Lipinski definition) is 3. The highest BCUT2D eigenvalue weighted by atomic mass is 32.1. The molecule has 1 aromatic rings. The van der Waals surface area contributed by atoms with Crippen LogP contribution in [0.4, 0.5) is 0 Å². The van der Waals surface area contributed by atoms with Crippen LogP contribution in [0.3, 0.4) is 0 Å². The van der Waals surface area contributed by atoms with E-state index in [-0.39, 0.29) is 0 Å². The molecule has 0 aliphatic carbocycles. The average Bonchev–Trinajstić information content (AvgIpc) is 2.80. The molecule has 3 nitrogen and oxygen atoms in total. The van der Waals surface area contributed by atoms with Gasteiger partial charge in [-0.3, -0.25) is 9.69 Å². The number of carboxylic acid groups (broad SMARTS) is 1. The summed E-state index contributed by atoms with van der Waals surface area (Å²) in [7, 11) is 0. The largest absolute Gasteiger partial charge is 0.481 e. The van der Waals surface area contributed by atoms with Gasteiger partial charge in [-0.1, -0.05) is 13.0 Å². The Morgan fingerprint density at radius 3 is 2.61 bits per heavy atom. The van der Waals surface area contributed by atoms with Gasteiger partial charge in [-0.2, -0.15) is 0 Å². The predicted octanol–water partition coefficient (Wildman–Crippen LogP) is 3.46. The van der Waals surface area contributed by atoms with Gasteiger partial charge in [0.1, 0.15) is 0 Å². The third-order valence-corrected chi connectivity index (χ3v) is 4.38. The molecule has 0 aliphatic heterocycles. The zero-order chi connectivity index (χ0) is 13.8. The highest BCUT2D eigenvalue weighted by Gasteiger charge is 2.34. The number of rotatable bonds is 7. The standard InChI is InChI=1S/C14H23NO2S/c1-5-14(4,13(16)17)10-15(11(2)3)9-12-7-6-8-18-12/h6-8,11H,5,9-10H2,1-4H3,(H,16,17). The summed E-state index contributed by atoms with van der Waals surface area (Å²) in [5.41, 5.74) is -0.665. The molecule has 1 heterocycles. The number of hydrogen-bond donors (Lipinski definition) is 1. The second kappa shape index (κ2) is 6.34. The fraction of sp³-hybridized carbons (Fsp3) is 0.643. The molecule has 0 spiro atoms. The van der Waals surface area contributed by atoms with E-state index in [0.717, 1.165) is 6.54 Å². The predicted molar refractivity (Wildman–Crippen MR) is 75.9 cm³/mol. The van der Waals surface area contributed by atoms with E-state index < -0.39 is 11.4 Å². The topological polar surface area (TPSA) is 40.5 Å². The molecule has 0 radical (unpaired) electrons. The lowest BCUT2D eigenvalue weighted by molar-refractivity contribution is -0.149. The molecule has 1 aromatic heterocycles. The maximum Gasteiger partial charge on any atom is 0.310 e. The quantitative estimate of drug-likeness (QED) is 0.824. The minimum Gasteiger partial charge on any atom is -0.481 e. The molecular formula is C14H23NO2S. The van der Waals surface area contributed by atoms with E-state index in [0.29, 0.717) is 19.0 Å². The summed E-state index contributed by atoms with van der Waals surface area (Å²) in [6.45, 7) is 9.43. The third kappa shape index (κ3) is 3.82. The first-order chi connectivity index (χ1) is 8.39. The lowest BCUT2D eigenvalue weighted by atomic mass is 9.86. The van der Waals surface area contributed by atoms with Crippen LogP contribution in [-0.4, -0.2) is 28.6 Å². The Balaban J connectivity index is 2.77. The van der Waals surface area contributed by atoms with Gasteiger partial charge in [-0.25, -0.2) is 0 Å². The number of thiophene rings is 1. The van der Waals surface area contributed by atoms with Gasteiger partial charge in [0.15, 0.2) is 0 Å². The molecule has 0 fully saturated rings. The smallest absolute Gasteiger partial charge is 0.310 e. The van der Waals surface area contributed by atoms with Crippen molar-refractivity contribution >= 4 is 17.3 Å². The molecule has 1 N–H and O–H groups in total. The summed E-state index contributed by atoms with van der Waals surface area (Å²) in [5, 5.41) is 11.4. The Bertz CT molecular complexity index is 375. The SMILES string of the molecule is CCC(C)(CN(Cc1cccs1)C(C)C)C(=O)O. The average molecular weight is 269 g/mol. The molecule has 0 saturated carbocycles. The van der Waals surface area contributed by atoms with Crippen LogP contribution in [0.1, 0.15) is 39.0 Å². The van der Waals surface area contributed by atoms with Gasteiger partial charge in [-0.05, 0) is 38.6 Å². The van der Waals surface area contributed by atoms with Crippen molar-refractivity contribution in [3.05, 3.63) is 22.4 Å². The summed E-state index contributed by atoms with van der Waals surface area (Å²) < 4.78 is 0. The van der Waals surface area contributed by atoms with Crippen molar-refractivity contribution in [2.75, 3.05) is 6.54 Å². The minimum atomic E-state index is -0.707. The van der Waals surface area contributed by atoms with E-state index in [1.165, 1.54) is 4.88 Å². The van der Waals surface area contributed by atoms with Gasteiger partial charge in [-0.15, -0.1) is 11.3 Å². The van der Waals surface area contributed by atoms with Crippen molar-refractivity contribution in [1.29, 1.82) is 0 Å². The number of nitrogens with zero attached hydrogens (tertiary/aromatic N) is 1. The van der Waals surface area contributed by atoms with Crippen molar-refractivity contribution in [1.82, 2.24) is 4.90 Å². The van der Waals surface area contributed by atoms with Crippen molar-refractivity contribution in [3.63, 3.8) is 0 Å². The van der Waals surface area contributed by atoms with Crippen LogP contribution >= 0.6 is 11.3 Å². The van der Waals surface area contributed by atoms with Crippen LogP contribution < -0.4 is 0 Å². The molecule has 0 amide bonds. The third-order valence-electron chi connectivity index (χ3n) is 3.52. The second-order valence-corrected chi connectivity index (χ2v) is 6.33. The minimum absolute atomic E-state index is 0.345. The molecule has 0 aliphatic rings. The summed E-state index contributed by atoms with van der Waals surface area (Å²) in [6.07, 6.45) is 0.649. The zero-order valence-electron chi connectivity index (χ0n) is 11.6. The van der Waals surface area contributed by atoms with Gasteiger partial charge in [0.25, 0.3) is 0 Å². The normalized spacial score (nSPS) is 15.0. The first kappa shape index (κ1) is 15.2. The molecule has 1 unspecified atom stereocenters. The molecule has 4 heteroatoms. The molecule has 102 valence electrons. The van der Waals surface area contributed by atoms with Crippen molar-refractivity contribution in [2.45, 2.75) is 46.7 Å². The molecule has 0 saturated heterocycles. The van der Waals surface area contributed by atoms with Crippen LogP contribution in [0.15, 0.2) is 17.5 Å². The Morgan fingerprint density at radius 2 is 2.22 bits per heavy atom. The fourth-order valence-electron chi connectivity index (χ4n) is 1.80. The highest BCUT2D eigenvalue weighted by Crippen LogP contribution is 2.25. The Hall–Kier alpha value is -0.870. The highest BCUT2D eigenvalue weighted by molar-refractivity contribution is 7.09. The van der Waals surface area contributed by atoms with Crippen LogP contribution in [0.2, 0.25) is 0 Å². The van der Waals surface area contributed by atoms with Gasteiger partial charge < -0.3 is 5.11 Å². The van der Waals surface area contributed by atoms with Gasteiger partial charge >= 0.3 is 5.97 Å². The number of aliphatic carboxylic acids is 1. The molecule has 0 aromatic carbocycles. The Morgan fingerprint density at radius 1 is 1.56 bits per heavy atom. The van der Waals surface area contributed by atoms with E-state index in [4.69, 9.17) is 0 Å². The Kier molecular flexibility index (Phi) is 5.35. The molecular weight excluding hydrogens is 246 g/mol. The molecule has 0 bridgehead atoms. The summed E-state index contributed by atoms with van der Waals surface area (Å²) >= 11 is 1.72. The Labute approximate surface area is 113 Å². The van der Waals surface area contributed by atoms with E-state index in [9.17, 15) is 9.90 Å². The number of carbonyl (C=O) groups is 1. The molecule has 1 atom stereocenters. The van der Waals surface area contributed by atoms with E-state index >= 15 is 0 Å². The zero-order valence-corrected chi connectivity index (χ0v) is 12.5. The lowest BCUT2D eigenvalue weighted by Crippen LogP contribution is -2.43. The monoisotopic (exact) mass is 269 g/mol. The first-order valence-electron chi connectivity index (χ1n) is 6.39. The van der Waals surface area contributed by atoms with Crippen molar-refractivity contribution < 1.29 is 9.90 Å². The van der Waals surface area contributed by atoms with Crippen LogP contribution in [0.5, 0.6) is 0 Å². The summed E-state index contributed by atoms with van der Waals surface area (Å²) in [5.74, 6) is -0.707.